The number of ether oxygens (including phenoxy) is 1. The summed E-state index contributed by atoms with van der Waals surface area (Å²) >= 11 is 0. The summed E-state index contributed by atoms with van der Waals surface area (Å²) in [5.41, 5.74) is 0.279. The van der Waals surface area contributed by atoms with E-state index in [9.17, 15) is 19.5 Å². The summed E-state index contributed by atoms with van der Waals surface area (Å²) in [6.07, 6.45) is 2.19. The molecule has 8 heteroatoms. The van der Waals surface area contributed by atoms with E-state index < -0.39 is 23.1 Å². The van der Waals surface area contributed by atoms with E-state index in [-0.39, 0.29) is 17.9 Å². The van der Waals surface area contributed by atoms with E-state index in [1.807, 2.05) is 38.9 Å². The summed E-state index contributed by atoms with van der Waals surface area (Å²) < 4.78 is 5.64. The summed E-state index contributed by atoms with van der Waals surface area (Å²) in [4.78, 5) is 46.2. The van der Waals surface area contributed by atoms with Crippen molar-refractivity contribution in [2.24, 2.45) is 0 Å². The number of benzene rings is 2. The second kappa shape index (κ2) is 10.2. The summed E-state index contributed by atoms with van der Waals surface area (Å²) in [5.74, 6) is -1.84. The van der Waals surface area contributed by atoms with E-state index in [2.05, 4.69) is 6.58 Å². The maximum Gasteiger partial charge on any atom is 0.296 e. The van der Waals surface area contributed by atoms with Crippen LogP contribution in [0.15, 0.2) is 60.7 Å². The number of nitrogens with zero attached hydrogens (tertiary/aromatic N) is 3. The predicted molar refractivity (Wildman–Crippen MR) is 142 cm³/mol. The summed E-state index contributed by atoms with van der Waals surface area (Å²) in [7, 11) is 3.84. The number of aliphatic hydroxyl groups is 1. The first kappa shape index (κ1) is 26.2. The molecule has 1 spiro atoms. The van der Waals surface area contributed by atoms with Crippen LogP contribution in [0.4, 0.5) is 5.69 Å². The van der Waals surface area contributed by atoms with Crippen LogP contribution in [0.5, 0.6) is 5.75 Å². The van der Waals surface area contributed by atoms with Crippen molar-refractivity contribution in [1.82, 2.24) is 9.80 Å². The van der Waals surface area contributed by atoms with Gasteiger partial charge >= 0.3 is 0 Å². The molecule has 1 atom stereocenters. The molecule has 4 rings (SSSR count). The van der Waals surface area contributed by atoms with E-state index >= 15 is 0 Å². The van der Waals surface area contributed by atoms with E-state index in [0.29, 0.717) is 48.7 Å². The molecule has 2 aliphatic heterocycles. The number of amides is 2. The van der Waals surface area contributed by atoms with Gasteiger partial charge in [0, 0.05) is 24.2 Å². The average molecular weight is 504 g/mol. The first-order valence-electron chi connectivity index (χ1n) is 12.4. The van der Waals surface area contributed by atoms with Gasteiger partial charge in [-0.1, -0.05) is 30.9 Å². The molecule has 1 N–H and O–H groups in total. The van der Waals surface area contributed by atoms with Gasteiger partial charge in [-0.3, -0.25) is 14.4 Å². The molecular formula is C29H33N3O5. The van der Waals surface area contributed by atoms with Crippen molar-refractivity contribution in [3.05, 3.63) is 77.4 Å². The van der Waals surface area contributed by atoms with Crippen molar-refractivity contribution in [3.63, 3.8) is 0 Å². The molecule has 2 aromatic carbocycles. The molecule has 194 valence electrons. The number of hydrogen-bond donors (Lipinski definition) is 1. The average Bonchev–Trinajstić information content (AvgIpc) is 3.25. The summed E-state index contributed by atoms with van der Waals surface area (Å²) in [5, 5.41) is 11.6. The summed E-state index contributed by atoms with van der Waals surface area (Å²) in [6.45, 7) is 8.84. The van der Waals surface area contributed by atoms with Gasteiger partial charge in [0.05, 0.1) is 11.3 Å². The van der Waals surface area contributed by atoms with Crippen LogP contribution in [0.1, 0.15) is 30.0 Å². The van der Waals surface area contributed by atoms with Gasteiger partial charge in [0.25, 0.3) is 17.6 Å². The minimum Gasteiger partial charge on any atom is -0.507 e. The molecule has 2 amide bonds. The minimum atomic E-state index is -1.73. The van der Waals surface area contributed by atoms with Crippen molar-refractivity contribution in [1.29, 1.82) is 0 Å². The van der Waals surface area contributed by atoms with Gasteiger partial charge in [0.1, 0.15) is 18.1 Å². The van der Waals surface area contributed by atoms with Crippen molar-refractivity contribution in [2.45, 2.75) is 25.8 Å². The molecule has 37 heavy (non-hydrogen) atoms. The van der Waals surface area contributed by atoms with Gasteiger partial charge in [-0.05, 0) is 70.7 Å². The molecule has 8 nitrogen and oxygen atoms in total. The number of anilines is 1. The third-order valence-electron chi connectivity index (χ3n) is 6.92. The highest BCUT2D eigenvalue weighted by atomic mass is 16.5. The van der Waals surface area contributed by atoms with Crippen LogP contribution in [-0.4, -0.2) is 72.8 Å². The van der Waals surface area contributed by atoms with Crippen LogP contribution in [0, 0.1) is 6.92 Å². The Morgan fingerprint density at radius 2 is 1.89 bits per heavy atom. The Balaban J connectivity index is 1.95. The van der Waals surface area contributed by atoms with Crippen LogP contribution >= 0.6 is 0 Å². The number of carbonyl (C=O) groups is 3. The number of ketones is 1. The molecule has 0 aromatic heterocycles. The Bertz CT molecular complexity index is 1300. The molecule has 1 saturated heterocycles. The topological polar surface area (TPSA) is 90.4 Å². The highest BCUT2D eigenvalue weighted by Crippen LogP contribution is 2.53. The Labute approximate surface area is 217 Å². The standard InChI is InChI=1S/C29H33N3O5/c1-6-17-37-23-14-13-20(18-19(23)3)25(33)24-26(34)27(35)32(16-10-15-30(4)5)29(24)21-11-8-9-12-22(21)31(7-2)28(29)36/h6,8-9,11-14,18,33H,1,7,10,15-17H2,2-5H3. The lowest BCUT2D eigenvalue weighted by Gasteiger charge is -2.34. The largest absolute Gasteiger partial charge is 0.507 e. The number of carbonyl (C=O) groups excluding carboxylic acids is 3. The fraction of sp³-hybridized carbons (Fsp3) is 0.345. The lowest BCUT2D eigenvalue weighted by atomic mass is 9.81. The zero-order valence-corrected chi connectivity index (χ0v) is 21.8. The Hall–Kier alpha value is -3.91. The molecule has 0 aliphatic carbocycles. The van der Waals surface area contributed by atoms with Crippen molar-refractivity contribution in [2.75, 3.05) is 45.2 Å². The van der Waals surface area contributed by atoms with Crippen molar-refractivity contribution < 1.29 is 24.2 Å². The number of para-hydroxylation sites is 1. The maximum absolute atomic E-state index is 14.2. The first-order chi connectivity index (χ1) is 17.7. The number of Topliss-reactive ketones (excluding diaryl/α,β-unsaturated/α-hetero) is 1. The van der Waals surface area contributed by atoms with Gasteiger partial charge in [-0.15, -0.1) is 0 Å². The Kier molecular flexibility index (Phi) is 7.23. The molecule has 1 fully saturated rings. The monoisotopic (exact) mass is 503 g/mol. The number of likely N-dealkylation sites (tertiary alicyclic amines) is 1. The number of aliphatic hydroxyl groups excluding tert-OH is 1. The van der Waals surface area contributed by atoms with Crippen molar-refractivity contribution in [3.8, 4) is 5.75 Å². The van der Waals surface area contributed by atoms with E-state index in [1.165, 1.54) is 4.90 Å². The molecule has 2 aromatic rings. The fourth-order valence-corrected chi connectivity index (χ4v) is 5.28. The van der Waals surface area contributed by atoms with Crippen LogP contribution < -0.4 is 9.64 Å². The molecule has 2 aliphatic rings. The Morgan fingerprint density at radius 1 is 1.16 bits per heavy atom. The molecule has 0 radical (unpaired) electrons. The van der Waals surface area contributed by atoms with Gasteiger partial charge in [-0.25, -0.2) is 0 Å². The lowest BCUT2D eigenvalue weighted by Crippen LogP contribution is -2.52. The van der Waals surface area contributed by atoms with E-state index in [4.69, 9.17) is 4.74 Å². The maximum atomic E-state index is 14.2. The molecule has 1 unspecified atom stereocenters. The number of rotatable bonds is 9. The third-order valence-corrected chi connectivity index (χ3v) is 6.92. The third kappa shape index (κ3) is 4.11. The minimum absolute atomic E-state index is 0.185. The van der Waals surface area contributed by atoms with E-state index in [0.717, 1.165) is 5.56 Å². The highest BCUT2D eigenvalue weighted by molar-refractivity contribution is 6.50. The summed E-state index contributed by atoms with van der Waals surface area (Å²) in [6, 6.07) is 12.2. The number of aryl methyl sites for hydroxylation is 1. The smallest absolute Gasteiger partial charge is 0.296 e. The fourth-order valence-electron chi connectivity index (χ4n) is 5.28. The number of fused-ring (bicyclic) bond motifs is 2. The SMILES string of the molecule is C=CCOc1ccc(C(O)=C2C(=O)C(=O)N(CCCN(C)C)C23C(=O)N(CC)c2ccccc23)cc1C. The van der Waals surface area contributed by atoms with Crippen molar-refractivity contribution >= 4 is 29.0 Å². The Morgan fingerprint density at radius 3 is 2.54 bits per heavy atom. The molecule has 0 saturated carbocycles. The highest BCUT2D eigenvalue weighted by Gasteiger charge is 2.66. The molecule has 2 heterocycles. The molecular weight excluding hydrogens is 470 g/mol. The van der Waals surface area contributed by atoms with Gasteiger partial charge in [-0.2, -0.15) is 0 Å². The number of likely N-dealkylation sites (N-methyl/N-ethyl adjacent to an activating group) is 1. The predicted octanol–water partition coefficient (Wildman–Crippen LogP) is 3.45. The van der Waals surface area contributed by atoms with Crippen LogP contribution in [0.2, 0.25) is 0 Å². The normalized spacial score (nSPS) is 20.3. The van der Waals surface area contributed by atoms with Crippen LogP contribution in [-0.2, 0) is 19.9 Å². The van der Waals surface area contributed by atoms with Crippen LogP contribution in [0.25, 0.3) is 5.76 Å². The quantitative estimate of drug-likeness (QED) is 0.244. The zero-order valence-electron chi connectivity index (χ0n) is 21.8. The molecule has 0 bridgehead atoms. The van der Waals surface area contributed by atoms with Crippen LogP contribution in [0.3, 0.4) is 0 Å². The first-order valence-corrected chi connectivity index (χ1v) is 12.4. The van der Waals surface area contributed by atoms with E-state index in [1.54, 1.807) is 47.4 Å². The van der Waals surface area contributed by atoms with Gasteiger partial charge in [0.2, 0.25) is 0 Å². The van der Waals surface area contributed by atoms with Gasteiger partial charge in [0.15, 0.2) is 5.54 Å². The number of hydrogen-bond acceptors (Lipinski definition) is 6. The lowest BCUT2D eigenvalue weighted by molar-refractivity contribution is -0.143. The van der Waals surface area contributed by atoms with Gasteiger partial charge < -0.3 is 24.5 Å². The second-order valence-corrected chi connectivity index (χ2v) is 9.52. The zero-order chi connectivity index (χ0) is 26.9. The second-order valence-electron chi connectivity index (χ2n) is 9.52.